The van der Waals surface area contributed by atoms with Gasteiger partial charge in [-0.25, -0.2) is 0 Å². The third-order valence-corrected chi connectivity index (χ3v) is 2.10. The molecule has 2 rings (SSSR count). The number of para-hydroxylation sites is 2. The molecule has 0 fully saturated rings. The topological polar surface area (TPSA) is 64.6 Å². The van der Waals surface area contributed by atoms with Gasteiger partial charge < -0.3 is 10.2 Å². The Bertz CT molecular complexity index is 206. The summed E-state index contributed by atoms with van der Waals surface area (Å²) in [4.78, 5) is 0. The fourth-order valence-electron chi connectivity index (χ4n) is 0.729. The predicted octanol–water partition coefficient (Wildman–Crippen LogP) is -0.677. The second-order valence-corrected chi connectivity index (χ2v) is 2.63. The average Bonchev–Trinajstić information content (AvgIpc) is 2.71. The predicted molar refractivity (Wildman–Crippen MR) is 39.5 cm³/mol. The monoisotopic (exact) mass is 218 g/mol. The minimum absolute atomic E-state index is 0.603. The van der Waals surface area contributed by atoms with Crippen molar-refractivity contribution in [3.63, 3.8) is 0 Å². The van der Waals surface area contributed by atoms with E-state index < -0.39 is 19.9 Å². The van der Waals surface area contributed by atoms with Crippen LogP contribution in [0.4, 0.5) is 0 Å². The molecule has 0 spiro atoms. The maximum atomic E-state index is 8.25. The summed E-state index contributed by atoms with van der Waals surface area (Å²) in [6, 6.07) is 7.73. The zero-order valence-corrected chi connectivity index (χ0v) is 9.00. The molecular weight excluding hydrogens is 208 g/mol. The summed E-state index contributed by atoms with van der Waals surface area (Å²) in [5.74, 6) is 1.80. The minimum atomic E-state index is -0.603. The summed E-state index contributed by atoms with van der Waals surface area (Å²) < 4.78 is 10.4. The Hall–Kier alpha value is -0.546. The molecule has 0 unspecified atom stereocenters. The zero-order valence-electron chi connectivity index (χ0n) is 7.44. The van der Waals surface area contributed by atoms with E-state index in [0.29, 0.717) is 0 Å². The first kappa shape index (κ1) is 12.5. The van der Waals surface area contributed by atoms with E-state index in [1.165, 1.54) is 0 Å². The van der Waals surface area contributed by atoms with Crippen molar-refractivity contribution in [2.45, 2.75) is 0 Å². The number of benzene rings is 1. The van der Waals surface area contributed by atoms with Gasteiger partial charge in [0.1, 0.15) is 0 Å². The van der Waals surface area contributed by atoms with Crippen molar-refractivity contribution < 1.29 is 36.8 Å². The Balaban J connectivity index is 0.000000322. The molecule has 0 N–H and O–H groups in total. The van der Waals surface area contributed by atoms with Gasteiger partial charge >= 0.3 is 62.3 Å². The Labute approximate surface area is 87.0 Å². The van der Waals surface area contributed by atoms with Crippen molar-refractivity contribution in [3.8, 4) is 11.5 Å². The molecule has 0 amide bonds. The van der Waals surface area contributed by atoms with Gasteiger partial charge in [0.2, 0.25) is 0 Å². The van der Waals surface area contributed by atoms with Crippen molar-refractivity contribution >= 4 is 0 Å². The van der Waals surface area contributed by atoms with E-state index in [1.807, 2.05) is 24.3 Å². The van der Waals surface area contributed by atoms with E-state index in [4.69, 9.17) is 16.8 Å². The van der Waals surface area contributed by atoms with Crippen LogP contribution in [0.2, 0.25) is 0 Å². The molecular formula is C8H10O4Ti. The van der Waals surface area contributed by atoms with Crippen molar-refractivity contribution in [3.05, 3.63) is 24.3 Å². The molecule has 13 heavy (non-hydrogen) atoms. The quantitative estimate of drug-likeness (QED) is 0.541. The van der Waals surface area contributed by atoms with Crippen molar-refractivity contribution in [1.82, 2.24) is 0 Å². The van der Waals surface area contributed by atoms with Crippen molar-refractivity contribution in [2.24, 2.45) is 0 Å². The second kappa shape index (κ2) is 8.07. The molecule has 0 saturated carbocycles. The average molecular weight is 218 g/mol. The molecule has 0 atom stereocenters. The Morgan fingerprint density at radius 1 is 0.923 bits per heavy atom. The number of hydrogen-bond donors (Lipinski definition) is 0. The van der Waals surface area contributed by atoms with Crippen LogP contribution in [0, 0.1) is 0 Å². The summed E-state index contributed by atoms with van der Waals surface area (Å²) in [7, 11) is 1.50. The van der Waals surface area contributed by atoms with Gasteiger partial charge in [-0.05, 0) is 0 Å². The summed E-state index contributed by atoms with van der Waals surface area (Å²) in [6.45, 7) is 0. The van der Waals surface area contributed by atoms with Crippen LogP contribution in [0.1, 0.15) is 0 Å². The molecule has 1 aliphatic rings. The van der Waals surface area contributed by atoms with Gasteiger partial charge in [0, 0.05) is 0 Å². The summed E-state index contributed by atoms with van der Waals surface area (Å²) in [5.41, 5.74) is 0. The molecule has 0 bridgehead atoms. The van der Waals surface area contributed by atoms with Crippen LogP contribution < -0.4 is 16.8 Å². The van der Waals surface area contributed by atoms with E-state index in [9.17, 15) is 0 Å². The molecule has 1 aliphatic heterocycles. The third kappa shape index (κ3) is 3.78. The Morgan fingerprint density at radius 2 is 1.31 bits per heavy atom. The van der Waals surface area contributed by atoms with Crippen LogP contribution >= 0.6 is 0 Å². The first-order valence-corrected chi connectivity index (χ1v) is 4.74. The van der Waals surface area contributed by atoms with Crippen LogP contribution in [0.3, 0.4) is 0 Å². The van der Waals surface area contributed by atoms with Gasteiger partial charge in [0.15, 0.2) is 0 Å². The van der Waals surface area contributed by atoms with Gasteiger partial charge in [-0.2, -0.15) is 14.2 Å². The standard InChI is InChI=1S/C6H6O2.2CH3O.Ti/c7-5-3-1-2-4-6(5)8;2*1-2;/h1-4,7-8H;2*1H3;/q;2*-1;+4/p-2. The summed E-state index contributed by atoms with van der Waals surface area (Å²) >= 11 is -0.603. The maximum absolute atomic E-state index is 8.25. The van der Waals surface area contributed by atoms with Gasteiger partial charge in [-0.1, -0.05) is 0 Å². The van der Waals surface area contributed by atoms with Crippen LogP contribution in [-0.4, -0.2) is 14.2 Å². The van der Waals surface area contributed by atoms with Gasteiger partial charge in [0.05, 0.1) is 0 Å². The fourth-order valence-corrected chi connectivity index (χ4v) is 1.60. The van der Waals surface area contributed by atoms with Crippen LogP contribution in [0.15, 0.2) is 24.3 Å². The fraction of sp³-hybridized carbons (Fsp3) is 0.250. The summed E-state index contributed by atoms with van der Waals surface area (Å²) in [5, 5.41) is 16.5. The van der Waals surface area contributed by atoms with Crippen LogP contribution in [-0.2, 0) is 19.9 Å². The molecule has 0 saturated heterocycles. The first-order valence-electron chi connectivity index (χ1n) is 3.46. The Kier molecular flexibility index (Phi) is 7.73. The third-order valence-electron chi connectivity index (χ3n) is 1.15. The van der Waals surface area contributed by atoms with E-state index in [2.05, 4.69) is 0 Å². The van der Waals surface area contributed by atoms with E-state index in [0.717, 1.165) is 25.7 Å². The normalized spacial score (nSPS) is 9.23. The van der Waals surface area contributed by atoms with Crippen molar-refractivity contribution in [1.29, 1.82) is 0 Å². The zero-order chi connectivity index (χ0) is 10.1. The molecule has 1 aromatic carbocycles. The molecule has 1 heterocycles. The molecule has 5 heteroatoms. The van der Waals surface area contributed by atoms with E-state index in [1.54, 1.807) is 0 Å². The summed E-state index contributed by atoms with van der Waals surface area (Å²) in [6.07, 6.45) is 0. The molecule has 0 aliphatic carbocycles. The van der Waals surface area contributed by atoms with Crippen LogP contribution in [0.25, 0.3) is 0 Å². The number of rotatable bonds is 0. The number of hydrogen-bond acceptors (Lipinski definition) is 4. The second-order valence-electron chi connectivity index (χ2n) is 1.73. The molecule has 1 aromatic rings. The van der Waals surface area contributed by atoms with Crippen molar-refractivity contribution in [2.75, 3.05) is 14.2 Å². The van der Waals surface area contributed by atoms with Gasteiger partial charge in [-0.15, -0.1) is 0 Å². The van der Waals surface area contributed by atoms with Crippen LogP contribution in [0.5, 0.6) is 11.5 Å². The molecule has 0 aromatic heterocycles. The molecule has 4 nitrogen and oxygen atoms in total. The van der Waals surface area contributed by atoms with Gasteiger partial charge in [-0.3, -0.25) is 0 Å². The van der Waals surface area contributed by atoms with Gasteiger partial charge in [0.25, 0.3) is 0 Å². The van der Waals surface area contributed by atoms with E-state index >= 15 is 0 Å². The molecule has 0 radical (unpaired) electrons. The molecule has 70 valence electrons. The SMILES string of the molecule is C[O-].C[O-].c1ccc2c(c1)[O][Ti+2][O]2. The van der Waals surface area contributed by atoms with E-state index in [-0.39, 0.29) is 0 Å². The number of fused-ring (bicyclic) bond motifs is 1. The first-order chi connectivity index (χ1) is 6.47. The Morgan fingerprint density at radius 3 is 1.69 bits per heavy atom.